The van der Waals surface area contributed by atoms with E-state index in [-0.39, 0.29) is 11.8 Å². The maximum Gasteiger partial charge on any atom is 0.252 e. The fraction of sp³-hybridized carbons (Fsp3) is 0.684. The molecule has 0 bridgehead atoms. The molecule has 1 aromatic heterocycles. The molecule has 0 saturated carbocycles. The number of thiophene rings is 1. The van der Waals surface area contributed by atoms with Crippen LogP contribution in [0.5, 0.6) is 0 Å². The second-order valence-corrected chi connectivity index (χ2v) is 8.06. The van der Waals surface area contributed by atoms with Gasteiger partial charge < -0.3 is 15.5 Å². The first-order valence-electron chi connectivity index (χ1n) is 9.34. The summed E-state index contributed by atoms with van der Waals surface area (Å²) in [6.07, 6.45) is 3.46. The van der Waals surface area contributed by atoms with Gasteiger partial charge in [0.1, 0.15) is 0 Å². The lowest BCUT2D eigenvalue weighted by molar-refractivity contribution is -0.121. The summed E-state index contributed by atoms with van der Waals surface area (Å²) in [5.74, 6) is 1.57. The van der Waals surface area contributed by atoms with Gasteiger partial charge in [-0.2, -0.15) is 11.3 Å². The van der Waals surface area contributed by atoms with Gasteiger partial charge in [-0.15, -0.1) is 0 Å². The molecule has 0 radical (unpaired) electrons. The van der Waals surface area contributed by atoms with E-state index < -0.39 is 0 Å². The van der Waals surface area contributed by atoms with Crippen molar-refractivity contribution in [2.24, 2.45) is 11.8 Å². The highest BCUT2D eigenvalue weighted by Crippen LogP contribution is 2.20. The van der Waals surface area contributed by atoms with E-state index in [2.05, 4.69) is 29.4 Å². The molecule has 2 heterocycles. The Morgan fingerprint density at radius 3 is 2.56 bits per heavy atom. The third kappa shape index (κ3) is 7.57. The molecule has 0 aliphatic carbocycles. The molecule has 2 N–H and O–H groups in total. The second-order valence-electron chi connectivity index (χ2n) is 7.28. The summed E-state index contributed by atoms with van der Waals surface area (Å²) in [6.45, 7) is 9.34. The number of hydrogen-bond donors (Lipinski definition) is 2. The molecular formula is C19H31N3O2S. The Hall–Kier alpha value is -1.40. The molecule has 0 spiro atoms. The van der Waals surface area contributed by atoms with E-state index >= 15 is 0 Å². The second kappa shape index (κ2) is 10.6. The summed E-state index contributed by atoms with van der Waals surface area (Å²) >= 11 is 1.51. The quantitative estimate of drug-likeness (QED) is 0.662. The van der Waals surface area contributed by atoms with Gasteiger partial charge in [0.25, 0.3) is 5.91 Å². The summed E-state index contributed by atoms with van der Waals surface area (Å²) in [4.78, 5) is 26.1. The Morgan fingerprint density at radius 1 is 1.16 bits per heavy atom. The lowest BCUT2D eigenvalue weighted by atomic mass is 9.92. The predicted octanol–water partition coefficient (Wildman–Crippen LogP) is 2.74. The highest BCUT2D eigenvalue weighted by molar-refractivity contribution is 7.08. The van der Waals surface area contributed by atoms with E-state index in [1.165, 1.54) is 30.8 Å². The van der Waals surface area contributed by atoms with E-state index in [0.29, 0.717) is 24.9 Å². The van der Waals surface area contributed by atoms with Crippen LogP contribution in [0, 0.1) is 11.8 Å². The molecule has 1 aliphatic heterocycles. The number of likely N-dealkylation sites (tertiary alicyclic amines) is 1. The van der Waals surface area contributed by atoms with Crippen molar-refractivity contribution in [3.8, 4) is 0 Å². The zero-order valence-corrected chi connectivity index (χ0v) is 16.2. The Balaban J connectivity index is 1.48. The smallest absolute Gasteiger partial charge is 0.252 e. The topological polar surface area (TPSA) is 61.4 Å². The molecule has 2 atom stereocenters. The average Bonchev–Trinajstić information content (AvgIpc) is 3.09. The zero-order valence-electron chi connectivity index (χ0n) is 15.4. The Labute approximate surface area is 155 Å². The van der Waals surface area contributed by atoms with Crippen molar-refractivity contribution in [2.45, 2.75) is 39.5 Å². The van der Waals surface area contributed by atoms with Gasteiger partial charge in [-0.1, -0.05) is 13.8 Å². The summed E-state index contributed by atoms with van der Waals surface area (Å²) in [5.41, 5.74) is 0.691. The van der Waals surface area contributed by atoms with Gasteiger partial charge >= 0.3 is 0 Å². The normalized spacial score (nSPS) is 21.0. The molecule has 6 heteroatoms. The van der Waals surface area contributed by atoms with Gasteiger partial charge in [0, 0.05) is 43.5 Å². The monoisotopic (exact) mass is 365 g/mol. The first-order valence-corrected chi connectivity index (χ1v) is 10.3. The molecule has 5 nitrogen and oxygen atoms in total. The van der Waals surface area contributed by atoms with Gasteiger partial charge in [0.15, 0.2) is 0 Å². The minimum Gasteiger partial charge on any atom is -0.356 e. The Morgan fingerprint density at radius 2 is 1.88 bits per heavy atom. The van der Waals surface area contributed by atoms with Gasteiger partial charge in [0.05, 0.1) is 0 Å². The van der Waals surface area contributed by atoms with Crippen LogP contribution in [0.15, 0.2) is 16.8 Å². The van der Waals surface area contributed by atoms with Crippen molar-refractivity contribution in [1.29, 1.82) is 0 Å². The minimum atomic E-state index is -0.0633. The Kier molecular flexibility index (Phi) is 8.41. The van der Waals surface area contributed by atoms with Gasteiger partial charge in [-0.05, 0) is 49.1 Å². The number of amides is 2. The van der Waals surface area contributed by atoms with E-state index in [1.54, 1.807) is 6.07 Å². The molecule has 1 saturated heterocycles. The summed E-state index contributed by atoms with van der Waals surface area (Å²) in [7, 11) is 0. The predicted molar refractivity (Wildman–Crippen MR) is 103 cm³/mol. The molecule has 2 rings (SSSR count). The molecule has 140 valence electrons. The molecule has 2 amide bonds. The highest BCUT2D eigenvalue weighted by atomic mass is 32.1. The van der Waals surface area contributed by atoms with Gasteiger partial charge in [-0.25, -0.2) is 0 Å². The number of piperidine rings is 1. The van der Waals surface area contributed by atoms with Crippen LogP contribution in [0.1, 0.15) is 49.9 Å². The minimum absolute atomic E-state index is 0.0633. The average molecular weight is 366 g/mol. The van der Waals surface area contributed by atoms with Crippen molar-refractivity contribution >= 4 is 23.2 Å². The lowest BCUT2D eigenvalue weighted by Gasteiger charge is -2.34. The van der Waals surface area contributed by atoms with Gasteiger partial charge in [0.2, 0.25) is 5.91 Å². The van der Waals surface area contributed by atoms with Crippen LogP contribution in [0.4, 0.5) is 0 Å². The zero-order chi connectivity index (χ0) is 18.1. The fourth-order valence-electron chi connectivity index (χ4n) is 3.54. The van der Waals surface area contributed by atoms with E-state index in [1.807, 2.05) is 10.8 Å². The van der Waals surface area contributed by atoms with Crippen molar-refractivity contribution in [2.75, 3.05) is 32.7 Å². The molecule has 1 aliphatic rings. The molecule has 25 heavy (non-hydrogen) atoms. The van der Waals surface area contributed by atoms with Gasteiger partial charge in [-0.3, -0.25) is 9.59 Å². The molecule has 2 unspecified atom stereocenters. The van der Waals surface area contributed by atoms with Crippen LogP contribution in [0.2, 0.25) is 0 Å². The van der Waals surface area contributed by atoms with Crippen LogP contribution in [-0.4, -0.2) is 49.4 Å². The van der Waals surface area contributed by atoms with E-state index in [4.69, 9.17) is 0 Å². The molecule has 1 aromatic rings. The van der Waals surface area contributed by atoms with Crippen molar-refractivity contribution in [3.63, 3.8) is 0 Å². The van der Waals surface area contributed by atoms with Crippen molar-refractivity contribution in [1.82, 2.24) is 15.5 Å². The standard InChI is InChI=1S/C19H31N3O2S/c1-15-11-16(2)13-22(12-15)9-4-8-20-18(23)5-3-7-21-19(24)17-6-10-25-14-17/h6,10,14-16H,3-5,7-9,11-13H2,1-2H3,(H,20,23)(H,21,24). The Bertz CT molecular complexity index is 523. The van der Waals surface area contributed by atoms with E-state index in [9.17, 15) is 9.59 Å². The molecular weight excluding hydrogens is 334 g/mol. The lowest BCUT2D eigenvalue weighted by Crippen LogP contribution is -2.40. The fourth-order valence-corrected chi connectivity index (χ4v) is 4.18. The van der Waals surface area contributed by atoms with Crippen LogP contribution in [-0.2, 0) is 4.79 Å². The number of hydrogen-bond acceptors (Lipinski definition) is 4. The SMILES string of the molecule is CC1CC(C)CN(CCCNC(=O)CCCNC(=O)c2ccsc2)C1. The summed E-state index contributed by atoms with van der Waals surface area (Å²) in [6, 6.07) is 1.80. The number of nitrogens with zero attached hydrogens (tertiary/aromatic N) is 1. The van der Waals surface area contributed by atoms with Crippen LogP contribution in [0.25, 0.3) is 0 Å². The van der Waals surface area contributed by atoms with Crippen LogP contribution < -0.4 is 10.6 Å². The third-order valence-electron chi connectivity index (χ3n) is 4.57. The number of carbonyl (C=O) groups is 2. The number of carbonyl (C=O) groups excluding carboxylic acids is 2. The van der Waals surface area contributed by atoms with Crippen LogP contribution in [0.3, 0.4) is 0 Å². The third-order valence-corrected chi connectivity index (χ3v) is 5.25. The van der Waals surface area contributed by atoms with E-state index in [0.717, 1.165) is 31.3 Å². The van der Waals surface area contributed by atoms with Crippen LogP contribution >= 0.6 is 11.3 Å². The summed E-state index contributed by atoms with van der Waals surface area (Å²) < 4.78 is 0. The maximum atomic E-state index is 11.8. The summed E-state index contributed by atoms with van der Waals surface area (Å²) in [5, 5.41) is 9.53. The number of rotatable bonds is 9. The molecule has 1 fully saturated rings. The highest BCUT2D eigenvalue weighted by Gasteiger charge is 2.20. The van der Waals surface area contributed by atoms with Crippen molar-refractivity contribution < 1.29 is 9.59 Å². The molecule has 0 aromatic carbocycles. The largest absolute Gasteiger partial charge is 0.356 e. The first-order chi connectivity index (χ1) is 12.0. The van der Waals surface area contributed by atoms with Crippen molar-refractivity contribution in [3.05, 3.63) is 22.4 Å². The number of nitrogens with one attached hydrogen (secondary N) is 2. The first kappa shape index (κ1) is 19.9. The maximum absolute atomic E-state index is 11.8.